The van der Waals surface area contributed by atoms with Crippen molar-refractivity contribution in [2.45, 2.75) is 75.7 Å². The zero-order chi connectivity index (χ0) is 17.6. The van der Waals surface area contributed by atoms with Gasteiger partial charge >= 0.3 is 0 Å². The van der Waals surface area contributed by atoms with E-state index in [0.717, 1.165) is 69.6 Å². The summed E-state index contributed by atoms with van der Waals surface area (Å²) in [6.07, 6.45) is 11.1. The van der Waals surface area contributed by atoms with Gasteiger partial charge in [-0.2, -0.15) is 9.61 Å². The molecular formula is C20H29N5O. The Morgan fingerprint density at radius 2 is 1.85 bits per heavy atom. The summed E-state index contributed by atoms with van der Waals surface area (Å²) in [5, 5.41) is 24.6. The zero-order valence-corrected chi connectivity index (χ0v) is 15.5. The first-order valence-corrected chi connectivity index (χ1v) is 10.4. The molecule has 0 atom stereocenters. The van der Waals surface area contributed by atoms with Crippen molar-refractivity contribution in [2.75, 3.05) is 19.6 Å². The minimum atomic E-state index is -0.450. The molecule has 1 saturated carbocycles. The molecule has 0 radical (unpaired) electrons. The highest BCUT2D eigenvalue weighted by Gasteiger charge is 2.33. The van der Waals surface area contributed by atoms with Crippen LogP contribution >= 0.6 is 0 Å². The molecule has 2 aromatic rings. The van der Waals surface area contributed by atoms with E-state index in [1.807, 2.05) is 4.52 Å². The lowest BCUT2D eigenvalue weighted by Gasteiger charge is -2.39. The van der Waals surface area contributed by atoms with Gasteiger partial charge in [0.2, 0.25) is 0 Å². The van der Waals surface area contributed by atoms with Gasteiger partial charge in [0.05, 0.1) is 11.3 Å². The molecule has 140 valence electrons. The molecule has 0 amide bonds. The molecule has 0 aromatic carbocycles. The fraction of sp³-hybridized carbons (Fsp3) is 0.750. The average Bonchev–Trinajstić information content (AvgIpc) is 3.27. The number of hydrogen-bond donors (Lipinski definition) is 1. The SMILES string of the molecule is OC1(CN2CCC(c3nnc4cc5c(nn34)CCC5)CC2)CCCCC1. The summed E-state index contributed by atoms with van der Waals surface area (Å²) in [6.45, 7) is 2.91. The Bertz CT molecular complexity index is 787. The van der Waals surface area contributed by atoms with Crippen molar-refractivity contribution in [3.05, 3.63) is 23.1 Å². The second-order valence-electron chi connectivity index (χ2n) is 8.63. The minimum absolute atomic E-state index is 0.425. The molecule has 3 aliphatic rings. The molecule has 1 N–H and O–H groups in total. The molecule has 6 heteroatoms. The first-order valence-electron chi connectivity index (χ1n) is 10.4. The van der Waals surface area contributed by atoms with E-state index >= 15 is 0 Å². The van der Waals surface area contributed by atoms with Crippen molar-refractivity contribution >= 4 is 5.65 Å². The van der Waals surface area contributed by atoms with Gasteiger partial charge in [-0.05, 0) is 69.7 Å². The van der Waals surface area contributed by atoms with Crippen LogP contribution in [0, 0.1) is 0 Å². The quantitative estimate of drug-likeness (QED) is 0.916. The van der Waals surface area contributed by atoms with Gasteiger partial charge in [0.25, 0.3) is 0 Å². The molecule has 1 aliphatic heterocycles. The van der Waals surface area contributed by atoms with Gasteiger partial charge in [0.1, 0.15) is 0 Å². The number of aliphatic hydroxyl groups is 1. The Kier molecular flexibility index (Phi) is 4.20. The predicted octanol–water partition coefficient (Wildman–Crippen LogP) is 2.49. The van der Waals surface area contributed by atoms with Crippen LogP contribution in [-0.4, -0.2) is 55.1 Å². The fourth-order valence-corrected chi connectivity index (χ4v) is 5.18. The molecule has 5 rings (SSSR count). The van der Waals surface area contributed by atoms with Crippen LogP contribution in [0.25, 0.3) is 5.65 Å². The van der Waals surface area contributed by atoms with Crippen LogP contribution in [0.5, 0.6) is 0 Å². The number of likely N-dealkylation sites (tertiary alicyclic amines) is 1. The second kappa shape index (κ2) is 6.57. The van der Waals surface area contributed by atoms with Crippen molar-refractivity contribution in [3.63, 3.8) is 0 Å². The number of nitrogens with zero attached hydrogens (tertiary/aromatic N) is 5. The smallest absolute Gasteiger partial charge is 0.178 e. The average molecular weight is 355 g/mol. The van der Waals surface area contributed by atoms with Gasteiger partial charge < -0.3 is 10.0 Å². The van der Waals surface area contributed by atoms with E-state index in [1.54, 1.807) is 0 Å². The van der Waals surface area contributed by atoms with E-state index in [1.165, 1.54) is 36.9 Å². The molecule has 2 aliphatic carbocycles. The molecule has 26 heavy (non-hydrogen) atoms. The van der Waals surface area contributed by atoms with Crippen LogP contribution in [-0.2, 0) is 12.8 Å². The zero-order valence-electron chi connectivity index (χ0n) is 15.5. The highest BCUT2D eigenvalue weighted by molar-refractivity contribution is 5.43. The Balaban J connectivity index is 1.27. The standard InChI is InChI=1S/C20H29N5O/c26-20(9-2-1-3-10-20)14-24-11-7-15(8-12-24)19-22-21-18-13-16-5-4-6-17(16)23-25(18)19/h13,15,26H,1-12,14H2. The number of aryl methyl sites for hydroxylation is 2. The molecule has 3 heterocycles. The molecular weight excluding hydrogens is 326 g/mol. The number of piperidine rings is 1. The van der Waals surface area contributed by atoms with Crippen LogP contribution in [0.1, 0.15) is 74.4 Å². The summed E-state index contributed by atoms with van der Waals surface area (Å²) >= 11 is 0. The highest BCUT2D eigenvalue weighted by atomic mass is 16.3. The van der Waals surface area contributed by atoms with Gasteiger partial charge in [-0.1, -0.05) is 19.3 Å². The topological polar surface area (TPSA) is 66.5 Å². The predicted molar refractivity (Wildman–Crippen MR) is 99.3 cm³/mol. The lowest BCUT2D eigenvalue weighted by Crippen LogP contribution is -2.47. The normalized spacial score (nSPS) is 24.2. The van der Waals surface area contributed by atoms with Crippen LogP contribution in [0.3, 0.4) is 0 Å². The van der Waals surface area contributed by atoms with Gasteiger partial charge in [-0.25, -0.2) is 0 Å². The largest absolute Gasteiger partial charge is 0.389 e. The van der Waals surface area contributed by atoms with E-state index in [0.29, 0.717) is 5.92 Å². The molecule has 2 fully saturated rings. The van der Waals surface area contributed by atoms with Crippen LogP contribution in [0.4, 0.5) is 0 Å². The number of β-amino-alcohol motifs (C(OH)–C–C–N with tert-alkyl or cyclic N) is 1. The number of hydrogen-bond acceptors (Lipinski definition) is 5. The highest BCUT2D eigenvalue weighted by Crippen LogP contribution is 2.32. The van der Waals surface area contributed by atoms with Crippen LogP contribution in [0.2, 0.25) is 0 Å². The Hall–Kier alpha value is -1.53. The lowest BCUT2D eigenvalue weighted by molar-refractivity contribution is -0.0309. The summed E-state index contributed by atoms with van der Waals surface area (Å²) in [5.41, 5.74) is 3.04. The summed E-state index contributed by atoms with van der Waals surface area (Å²) in [4.78, 5) is 2.45. The Morgan fingerprint density at radius 3 is 2.65 bits per heavy atom. The van der Waals surface area contributed by atoms with Gasteiger partial charge in [-0.15, -0.1) is 10.2 Å². The van der Waals surface area contributed by atoms with Gasteiger partial charge in [-0.3, -0.25) is 0 Å². The second-order valence-corrected chi connectivity index (χ2v) is 8.63. The molecule has 0 spiro atoms. The van der Waals surface area contributed by atoms with Gasteiger partial charge in [0.15, 0.2) is 11.5 Å². The van der Waals surface area contributed by atoms with Crippen LogP contribution in [0.15, 0.2) is 6.07 Å². The maximum absolute atomic E-state index is 10.8. The van der Waals surface area contributed by atoms with E-state index in [-0.39, 0.29) is 0 Å². The monoisotopic (exact) mass is 355 g/mol. The number of aromatic nitrogens is 4. The Labute approximate surface area is 154 Å². The number of fused-ring (bicyclic) bond motifs is 2. The molecule has 2 aromatic heterocycles. The minimum Gasteiger partial charge on any atom is -0.389 e. The summed E-state index contributed by atoms with van der Waals surface area (Å²) < 4.78 is 2.00. The molecule has 0 bridgehead atoms. The van der Waals surface area contributed by atoms with E-state index in [2.05, 4.69) is 21.2 Å². The maximum Gasteiger partial charge on any atom is 0.178 e. The lowest BCUT2D eigenvalue weighted by atomic mass is 9.84. The third kappa shape index (κ3) is 3.03. The first-order chi connectivity index (χ1) is 12.7. The molecule has 6 nitrogen and oxygen atoms in total. The van der Waals surface area contributed by atoms with Crippen molar-refractivity contribution in [3.8, 4) is 0 Å². The van der Waals surface area contributed by atoms with E-state index < -0.39 is 5.60 Å². The van der Waals surface area contributed by atoms with Crippen LogP contribution < -0.4 is 0 Å². The van der Waals surface area contributed by atoms with Crippen molar-refractivity contribution in [1.29, 1.82) is 0 Å². The van der Waals surface area contributed by atoms with Gasteiger partial charge in [0, 0.05) is 12.5 Å². The fourth-order valence-electron chi connectivity index (χ4n) is 5.18. The molecule has 0 unspecified atom stereocenters. The van der Waals surface area contributed by atoms with E-state index in [4.69, 9.17) is 5.10 Å². The first kappa shape index (κ1) is 16.6. The summed E-state index contributed by atoms with van der Waals surface area (Å²) in [6, 6.07) is 2.18. The number of rotatable bonds is 3. The maximum atomic E-state index is 10.8. The third-order valence-electron chi connectivity index (χ3n) is 6.70. The summed E-state index contributed by atoms with van der Waals surface area (Å²) in [5.74, 6) is 1.46. The van der Waals surface area contributed by atoms with Crippen molar-refractivity contribution in [2.24, 2.45) is 0 Å². The van der Waals surface area contributed by atoms with Crippen molar-refractivity contribution in [1.82, 2.24) is 24.7 Å². The van der Waals surface area contributed by atoms with E-state index in [9.17, 15) is 5.11 Å². The molecule has 1 saturated heterocycles. The Morgan fingerprint density at radius 1 is 1.04 bits per heavy atom. The third-order valence-corrected chi connectivity index (χ3v) is 6.70. The summed E-state index contributed by atoms with van der Waals surface area (Å²) in [7, 11) is 0. The van der Waals surface area contributed by atoms with Crippen molar-refractivity contribution < 1.29 is 5.11 Å².